The van der Waals surface area contributed by atoms with Gasteiger partial charge in [0.25, 0.3) is 5.22 Å². The number of aryl methyl sites for hydroxylation is 1. The van der Waals surface area contributed by atoms with Crippen molar-refractivity contribution in [1.82, 2.24) is 15.1 Å². The third kappa shape index (κ3) is 2.90. The lowest BCUT2D eigenvalue weighted by Gasteiger charge is -1.97. The van der Waals surface area contributed by atoms with Crippen LogP contribution in [0.2, 0.25) is 0 Å². The van der Waals surface area contributed by atoms with Crippen molar-refractivity contribution in [3.8, 4) is 11.4 Å². The summed E-state index contributed by atoms with van der Waals surface area (Å²) in [7, 11) is 0. The first kappa shape index (κ1) is 14.9. The Labute approximate surface area is 140 Å². The highest BCUT2D eigenvalue weighted by molar-refractivity contribution is 7.98. The van der Waals surface area contributed by atoms with E-state index in [2.05, 4.69) is 15.1 Å². The largest absolute Gasteiger partial charge is 0.431 e. The van der Waals surface area contributed by atoms with Crippen LogP contribution in [0.15, 0.2) is 56.6 Å². The molecule has 2 aromatic heterocycles. The SMILES string of the molecule is Cc1ccc(-c2noc(CSc3nc4ccccc4o3)n2)cc1F. The number of aromatic nitrogens is 3. The summed E-state index contributed by atoms with van der Waals surface area (Å²) < 4.78 is 24.5. The molecule has 2 aromatic carbocycles. The van der Waals surface area contributed by atoms with E-state index in [0.29, 0.717) is 33.8 Å². The quantitative estimate of drug-likeness (QED) is 0.505. The molecule has 0 saturated heterocycles. The summed E-state index contributed by atoms with van der Waals surface area (Å²) in [6, 6.07) is 12.4. The average molecular weight is 341 g/mol. The zero-order valence-corrected chi connectivity index (χ0v) is 13.5. The van der Waals surface area contributed by atoms with Crippen LogP contribution >= 0.6 is 11.8 Å². The van der Waals surface area contributed by atoms with Crippen molar-refractivity contribution in [2.24, 2.45) is 0 Å². The smallest absolute Gasteiger partial charge is 0.257 e. The van der Waals surface area contributed by atoms with E-state index in [1.165, 1.54) is 17.8 Å². The number of oxazole rings is 1. The summed E-state index contributed by atoms with van der Waals surface area (Å²) in [4.78, 5) is 8.66. The summed E-state index contributed by atoms with van der Waals surface area (Å²) in [6.07, 6.45) is 0. The minimum Gasteiger partial charge on any atom is -0.431 e. The van der Waals surface area contributed by atoms with Crippen LogP contribution in [-0.2, 0) is 5.75 Å². The second-order valence-corrected chi connectivity index (χ2v) is 6.14. The van der Waals surface area contributed by atoms with E-state index in [-0.39, 0.29) is 5.82 Å². The Bertz CT molecular complexity index is 979. The number of benzene rings is 2. The number of rotatable bonds is 4. The normalized spacial score (nSPS) is 11.2. The molecule has 0 bridgehead atoms. The second-order valence-electron chi connectivity index (χ2n) is 5.21. The third-order valence-electron chi connectivity index (χ3n) is 3.49. The molecule has 0 unspecified atom stereocenters. The van der Waals surface area contributed by atoms with Crippen LogP contribution in [0.3, 0.4) is 0 Å². The molecule has 0 radical (unpaired) electrons. The molecule has 0 fully saturated rings. The van der Waals surface area contributed by atoms with Crippen LogP contribution in [0.5, 0.6) is 0 Å². The molecule has 120 valence electrons. The van der Waals surface area contributed by atoms with Gasteiger partial charge >= 0.3 is 0 Å². The van der Waals surface area contributed by atoms with Crippen LogP contribution < -0.4 is 0 Å². The average Bonchev–Trinajstić information content (AvgIpc) is 3.21. The minimum atomic E-state index is -0.292. The zero-order valence-electron chi connectivity index (χ0n) is 12.7. The van der Waals surface area contributed by atoms with E-state index >= 15 is 0 Å². The predicted octanol–water partition coefficient (Wildman–Crippen LogP) is 4.62. The molecule has 0 spiro atoms. The Morgan fingerprint density at radius 2 is 2.00 bits per heavy atom. The fourth-order valence-corrected chi connectivity index (χ4v) is 2.87. The number of nitrogens with zero attached hydrogens (tertiary/aromatic N) is 3. The summed E-state index contributed by atoms with van der Waals surface area (Å²) in [5.41, 5.74) is 2.71. The van der Waals surface area contributed by atoms with Gasteiger partial charge < -0.3 is 8.94 Å². The molecule has 0 aliphatic rings. The summed E-state index contributed by atoms with van der Waals surface area (Å²) in [5.74, 6) is 0.925. The number of fused-ring (bicyclic) bond motifs is 1. The lowest BCUT2D eigenvalue weighted by molar-refractivity contribution is 0.391. The van der Waals surface area contributed by atoms with Crippen molar-refractivity contribution < 1.29 is 13.3 Å². The molecule has 0 atom stereocenters. The molecule has 0 aliphatic heterocycles. The van der Waals surface area contributed by atoms with Crippen molar-refractivity contribution in [3.63, 3.8) is 0 Å². The van der Waals surface area contributed by atoms with Gasteiger partial charge in [-0.1, -0.05) is 41.2 Å². The molecule has 24 heavy (non-hydrogen) atoms. The first-order valence-electron chi connectivity index (χ1n) is 7.26. The van der Waals surface area contributed by atoms with Crippen molar-refractivity contribution in [2.75, 3.05) is 0 Å². The summed E-state index contributed by atoms with van der Waals surface area (Å²) in [6.45, 7) is 1.71. The second kappa shape index (κ2) is 6.09. The van der Waals surface area contributed by atoms with Gasteiger partial charge in [0.15, 0.2) is 5.58 Å². The topological polar surface area (TPSA) is 65.0 Å². The predicted molar refractivity (Wildman–Crippen MR) is 88.0 cm³/mol. The standard InChI is InChI=1S/C17H12FN3O2S/c1-10-6-7-11(8-12(10)18)16-20-15(23-21-16)9-24-17-19-13-4-2-3-5-14(13)22-17/h2-8H,9H2,1H3. The van der Waals surface area contributed by atoms with Crippen LogP contribution in [0.1, 0.15) is 11.5 Å². The maximum absolute atomic E-state index is 13.6. The van der Waals surface area contributed by atoms with Gasteiger partial charge in [0.1, 0.15) is 11.3 Å². The van der Waals surface area contributed by atoms with Crippen LogP contribution in [0.25, 0.3) is 22.5 Å². The van der Waals surface area contributed by atoms with Gasteiger partial charge in [-0.25, -0.2) is 9.37 Å². The van der Waals surface area contributed by atoms with Gasteiger partial charge in [-0.15, -0.1) is 0 Å². The third-order valence-corrected chi connectivity index (χ3v) is 4.30. The number of hydrogen-bond acceptors (Lipinski definition) is 6. The molecule has 4 aromatic rings. The van der Waals surface area contributed by atoms with Crippen molar-refractivity contribution in [1.29, 1.82) is 0 Å². The van der Waals surface area contributed by atoms with Crippen LogP contribution in [0.4, 0.5) is 4.39 Å². The highest BCUT2D eigenvalue weighted by atomic mass is 32.2. The molecule has 0 amide bonds. The number of para-hydroxylation sites is 2. The van der Waals surface area contributed by atoms with E-state index in [4.69, 9.17) is 8.94 Å². The Morgan fingerprint density at radius 1 is 1.12 bits per heavy atom. The van der Waals surface area contributed by atoms with E-state index in [0.717, 1.165) is 11.1 Å². The summed E-state index contributed by atoms with van der Waals surface area (Å²) in [5, 5.41) is 4.43. The number of halogens is 1. The monoisotopic (exact) mass is 341 g/mol. The number of thioether (sulfide) groups is 1. The lowest BCUT2D eigenvalue weighted by atomic mass is 10.1. The van der Waals surface area contributed by atoms with E-state index in [1.807, 2.05) is 24.3 Å². The Balaban J connectivity index is 1.49. The van der Waals surface area contributed by atoms with Gasteiger partial charge in [-0.2, -0.15) is 4.98 Å². The molecular weight excluding hydrogens is 329 g/mol. The van der Waals surface area contributed by atoms with Gasteiger partial charge in [0, 0.05) is 5.56 Å². The molecule has 7 heteroatoms. The molecular formula is C17H12FN3O2S. The van der Waals surface area contributed by atoms with Crippen LogP contribution in [-0.4, -0.2) is 15.1 Å². The van der Waals surface area contributed by atoms with Gasteiger partial charge in [-0.3, -0.25) is 0 Å². The summed E-state index contributed by atoms with van der Waals surface area (Å²) >= 11 is 1.37. The fourth-order valence-electron chi connectivity index (χ4n) is 2.20. The Hall–Kier alpha value is -2.67. The van der Waals surface area contributed by atoms with Crippen molar-refractivity contribution in [2.45, 2.75) is 17.9 Å². The lowest BCUT2D eigenvalue weighted by Crippen LogP contribution is -1.86. The molecule has 2 heterocycles. The van der Waals surface area contributed by atoms with Gasteiger partial charge in [0.05, 0.1) is 5.75 Å². The van der Waals surface area contributed by atoms with Gasteiger partial charge in [-0.05, 0) is 30.7 Å². The molecule has 4 rings (SSSR count). The maximum Gasteiger partial charge on any atom is 0.257 e. The van der Waals surface area contributed by atoms with Gasteiger partial charge in [0.2, 0.25) is 11.7 Å². The first-order valence-corrected chi connectivity index (χ1v) is 8.25. The number of hydrogen-bond donors (Lipinski definition) is 0. The Morgan fingerprint density at radius 3 is 2.83 bits per heavy atom. The maximum atomic E-state index is 13.6. The van der Waals surface area contributed by atoms with Crippen molar-refractivity contribution >= 4 is 22.9 Å². The highest BCUT2D eigenvalue weighted by Crippen LogP contribution is 2.26. The first-order chi connectivity index (χ1) is 11.7. The van der Waals surface area contributed by atoms with E-state index in [9.17, 15) is 4.39 Å². The molecule has 0 saturated carbocycles. The minimum absolute atomic E-state index is 0.292. The molecule has 0 aliphatic carbocycles. The van der Waals surface area contributed by atoms with Crippen molar-refractivity contribution in [3.05, 3.63) is 59.7 Å². The van der Waals surface area contributed by atoms with Crippen LogP contribution in [0, 0.1) is 12.7 Å². The fraction of sp³-hybridized carbons (Fsp3) is 0.118. The zero-order chi connectivity index (χ0) is 16.5. The highest BCUT2D eigenvalue weighted by Gasteiger charge is 2.12. The van der Waals surface area contributed by atoms with E-state index < -0.39 is 0 Å². The molecule has 0 N–H and O–H groups in total. The molecule has 5 nitrogen and oxygen atoms in total. The van der Waals surface area contributed by atoms with E-state index in [1.54, 1.807) is 19.1 Å². The Kier molecular flexibility index (Phi) is 3.78.